The molecule has 0 aliphatic heterocycles. The molecule has 0 saturated carbocycles. The second-order valence-corrected chi connectivity index (χ2v) is 2.71. The molecular weight excluding hydrogens is 152 g/mol. The van der Waals surface area contributed by atoms with Gasteiger partial charge in [0.25, 0.3) is 0 Å². The number of hydrogen-bond acceptors (Lipinski definition) is 3. The molecule has 3 heteroatoms. The summed E-state index contributed by atoms with van der Waals surface area (Å²) in [5.74, 6) is 0. The lowest BCUT2D eigenvalue weighted by Crippen LogP contribution is -2.06. The van der Waals surface area contributed by atoms with Crippen molar-refractivity contribution < 1.29 is 5.11 Å². The molecule has 0 aromatic carbocycles. The number of aromatic nitrogens is 1. The summed E-state index contributed by atoms with van der Waals surface area (Å²) in [5.41, 5.74) is 2.24. The van der Waals surface area contributed by atoms with Crippen molar-refractivity contribution in [2.75, 3.05) is 13.7 Å². The van der Waals surface area contributed by atoms with Gasteiger partial charge in [-0.05, 0) is 24.6 Å². The molecule has 1 rings (SSSR count). The fraction of sp³-hybridized carbons (Fsp3) is 0.444. The van der Waals surface area contributed by atoms with Crippen LogP contribution in [-0.4, -0.2) is 23.7 Å². The molecular formula is C9H14N2O. The summed E-state index contributed by atoms with van der Waals surface area (Å²) in [5, 5.41) is 11.7. The molecule has 0 aliphatic rings. The number of rotatable bonds is 4. The SMILES string of the molecule is CNCc1cncc(CCO)c1. The minimum atomic E-state index is 0.185. The molecule has 0 radical (unpaired) electrons. The Labute approximate surface area is 72.5 Å². The van der Waals surface area contributed by atoms with Crippen molar-refractivity contribution in [1.82, 2.24) is 10.3 Å². The normalized spacial score (nSPS) is 10.2. The van der Waals surface area contributed by atoms with E-state index in [0.29, 0.717) is 6.42 Å². The van der Waals surface area contributed by atoms with Crippen LogP contribution in [0.3, 0.4) is 0 Å². The Morgan fingerprint density at radius 2 is 2.17 bits per heavy atom. The molecule has 0 fully saturated rings. The van der Waals surface area contributed by atoms with Gasteiger partial charge in [0.1, 0.15) is 0 Å². The van der Waals surface area contributed by atoms with Crippen molar-refractivity contribution in [3.05, 3.63) is 29.6 Å². The molecule has 0 amide bonds. The Balaban J connectivity index is 2.67. The molecule has 0 saturated heterocycles. The Kier molecular flexibility index (Phi) is 3.70. The Morgan fingerprint density at radius 1 is 1.42 bits per heavy atom. The van der Waals surface area contributed by atoms with Crippen LogP contribution in [0.2, 0.25) is 0 Å². The molecule has 66 valence electrons. The summed E-state index contributed by atoms with van der Waals surface area (Å²) in [7, 11) is 1.90. The van der Waals surface area contributed by atoms with Crippen molar-refractivity contribution in [2.45, 2.75) is 13.0 Å². The predicted octanol–water partition coefficient (Wildman–Crippen LogP) is 0.336. The summed E-state index contributed by atoms with van der Waals surface area (Å²) >= 11 is 0. The molecule has 12 heavy (non-hydrogen) atoms. The molecule has 1 heterocycles. The van der Waals surface area contributed by atoms with E-state index < -0.39 is 0 Å². The summed E-state index contributed by atoms with van der Waals surface area (Å²) < 4.78 is 0. The quantitative estimate of drug-likeness (QED) is 0.677. The van der Waals surface area contributed by atoms with Crippen molar-refractivity contribution >= 4 is 0 Å². The highest BCUT2D eigenvalue weighted by Crippen LogP contribution is 2.02. The Bertz CT molecular complexity index is 216. The molecule has 3 nitrogen and oxygen atoms in total. The third-order valence-corrected chi connectivity index (χ3v) is 1.63. The summed E-state index contributed by atoms with van der Waals surface area (Å²) in [6.07, 6.45) is 4.30. The molecule has 0 unspecified atom stereocenters. The topological polar surface area (TPSA) is 45.2 Å². The van der Waals surface area contributed by atoms with E-state index in [-0.39, 0.29) is 6.61 Å². The van der Waals surface area contributed by atoms with Gasteiger partial charge in [-0.25, -0.2) is 0 Å². The number of hydrogen-bond donors (Lipinski definition) is 2. The zero-order valence-corrected chi connectivity index (χ0v) is 7.25. The van der Waals surface area contributed by atoms with E-state index in [1.165, 1.54) is 0 Å². The van der Waals surface area contributed by atoms with Gasteiger partial charge in [-0.3, -0.25) is 4.98 Å². The maximum atomic E-state index is 8.70. The van der Waals surface area contributed by atoms with Crippen LogP contribution in [-0.2, 0) is 13.0 Å². The molecule has 0 bridgehead atoms. The smallest absolute Gasteiger partial charge is 0.0472 e. The van der Waals surface area contributed by atoms with Crippen molar-refractivity contribution in [3.63, 3.8) is 0 Å². The number of nitrogens with one attached hydrogen (secondary N) is 1. The third-order valence-electron chi connectivity index (χ3n) is 1.63. The van der Waals surface area contributed by atoms with Crippen LogP contribution in [0.15, 0.2) is 18.5 Å². The average molecular weight is 166 g/mol. The maximum Gasteiger partial charge on any atom is 0.0472 e. The highest BCUT2D eigenvalue weighted by molar-refractivity contribution is 5.18. The van der Waals surface area contributed by atoms with Gasteiger partial charge in [-0.1, -0.05) is 6.07 Å². The molecule has 0 atom stereocenters. The number of aliphatic hydroxyl groups excluding tert-OH is 1. The zero-order valence-electron chi connectivity index (χ0n) is 7.25. The van der Waals surface area contributed by atoms with Gasteiger partial charge in [-0.2, -0.15) is 0 Å². The first-order valence-corrected chi connectivity index (χ1v) is 4.05. The van der Waals surface area contributed by atoms with Crippen molar-refractivity contribution in [2.24, 2.45) is 0 Å². The first kappa shape index (κ1) is 9.16. The highest BCUT2D eigenvalue weighted by atomic mass is 16.2. The fourth-order valence-electron chi connectivity index (χ4n) is 1.11. The van der Waals surface area contributed by atoms with E-state index in [9.17, 15) is 0 Å². The molecule has 1 aromatic rings. The van der Waals surface area contributed by atoms with Crippen LogP contribution in [0, 0.1) is 0 Å². The van der Waals surface area contributed by atoms with Crippen LogP contribution in [0.5, 0.6) is 0 Å². The van der Waals surface area contributed by atoms with Crippen LogP contribution >= 0.6 is 0 Å². The van der Waals surface area contributed by atoms with E-state index in [4.69, 9.17) is 5.11 Å². The van der Waals surface area contributed by atoms with Crippen molar-refractivity contribution in [1.29, 1.82) is 0 Å². The first-order chi connectivity index (χ1) is 5.86. The zero-order chi connectivity index (χ0) is 8.81. The summed E-state index contributed by atoms with van der Waals surface area (Å²) in [4.78, 5) is 4.07. The minimum absolute atomic E-state index is 0.185. The Hall–Kier alpha value is -0.930. The van der Waals surface area contributed by atoms with Gasteiger partial charge in [0.15, 0.2) is 0 Å². The second kappa shape index (κ2) is 4.85. The second-order valence-electron chi connectivity index (χ2n) is 2.71. The third kappa shape index (κ3) is 2.60. The minimum Gasteiger partial charge on any atom is -0.396 e. The van der Waals surface area contributed by atoms with Crippen LogP contribution < -0.4 is 5.32 Å². The highest BCUT2D eigenvalue weighted by Gasteiger charge is 1.94. The predicted molar refractivity (Wildman–Crippen MR) is 47.8 cm³/mol. The lowest BCUT2D eigenvalue weighted by atomic mass is 10.1. The van der Waals surface area contributed by atoms with Gasteiger partial charge in [0, 0.05) is 25.5 Å². The number of aliphatic hydroxyl groups is 1. The van der Waals surface area contributed by atoms with Gasteiger partial charge in [0.2, 0.25) is 0 Å². The van der Waals surface area contributed by atoms with Gasteiger partial charge >= 0.3 is 0 Å². The first-order valence-electron chi connectivity index (χ1n) is 4.05. The van der Waals surface area contributed by atoms with Gasteiger partial charge in [0.05, 0.1) is 0 Å². The standard InChI is InChI=1S/C9H14N2O/c1-10-5-9-4-8(2-3-12)6-11-7-9/h4,6-7,10,12H,2-3,5H2,1H3. The fourth-order valence-corrected chi connectivity index (χ4v) is 1.11. The van der Waals surface area contributed by atoms with Gasteiger partial charge < -0.3 is 10.4 Å². The summed E-state index contributed by atoms with van der Waals surface area (Å²) in [6.45, 7) is 1.01. The molecule has 1 aromatic heterocycles. The average Bonchev–Trinajstić information content (AvgIpc) is 2.06. The lowest BCUT2D eigenvalue weighted by molar-refractivity contribution is 0.299. The largest absolute Gasteiger partial charge is 0.396 e. The van der Waals surface area contributed by atoms with E-state index in [0.717, 1.165) is 17.7 Å². The van der Waals surface area contributed by atoms with Crippen molar-refractivity contribution in [3.8, 4) is 0 Å². The molecule has 0 aliphatic carbocycles. The summed E-state index contributed by atoms with van der Waals surface area (Å²) in [6, 6.07) is 2.06. The van der Waals surface area contributed by atoms with Crippen LogP contribution in [0.1, 0.15) is 11.1 Å². The monoisotopic (exact) mass is 166 g/mol. The lowest BCUT2D eigenvalue weighted by Gasteiger charge is -2.01. The number of pyridine rings is 1. The number of nitrogens with zero attached hydrogens (tertiary/aromatic N) is 1. The maximum absolute atomic E-state index is 8.70. The van der Waals surface area contributed by atoms with E-state index in [2.05, 4.69) is 16.4 Å². The molecule has 0 spiro atoms. The van der Waals surface area contributed by atoms with E-state index in [1.807, 2.05) is 13.2 Å². The van der Waals surface area contributed by atoms with Crippen LogP contribution in [0.25, 0.3) is 0 Å². The Morgan fingerprint density at radius 3 is 2.83 bits per heavy atom. The van der Waals surface area contributed by atoms with Gasteiger partial charge in [-0.15, -0.1) is 0 Å². The van der Waals surface area contributed by atoms with E-state index in [1.54, 1.807) is 6.20 Å². The molecule has 2 N–H and O–H groups in total. The van der Waals surface area contributed by atoms with E-state index >= 15 is 0 Å². The van der Waals surface area contributed by atoms with Crippen LogP contribution in [0.4, 0.5) is 0 Å².